The number of nitrogens with two attached hydrogens (primary N) is 1. The maximum Gasteiger partial charge on any atom is 0.334 e. The van der Waals surface area contributed by atoms with Crippen LogP contribution in [0.3, 0.4) is 0 Å². The summed E-state index contributed by atoms with van der Waals surface area (Å²) in [5.41, 5.74) is 7.51. The van der Waals surface area contributed by atoms with E-state index in [4.69, 9.17) is 17.3 Å². The molecule has 0 fully saturated rings. The van der Waals surface area contributed by atoms with Crippen LogP contribution in [-0.4, -0.2) is 15.6 Å². The van der Waals surface area contributed by atoms with Crippen molar-refractivity contribution in [2.75, 3.05) is 5.32 Å². The van der Waals surface area contributed by atoms with Gasteiger partial charge in [0, 0.05) is 17.3 Å². The van der Waals surface area contributed by atoms with Crippen molar-refractivity contribution >= 4 is 46.8 Å². The number of carbonyl (C=O) groups excluding carboxylic acids is 1. The number of amides is 1. The van der Waals surface area contributed by atoms with Crippen LogP contribution in [0.25, 0.3) is 11.0 Å². The molecule has 4 N–H and O–H groups in total. The summed E-state index contributed by atoms with van der Waals surface area (Å²) < 4.78 is 1.03. The zero-order valence-corrected chi connectivity index (χ0v) is 13.4. The Bertz CT molecular complexity index is 900. The molecule has 0 saturated heterocycles. The van der Waals surface area contributed by atoms with E-state index in [2.05, 4.69) is 10.3 Å². The van der Waals surface area contributed by atoms with Crippen molar-refractivity contribution in [3.63, 3.8) is 0 Å². The molecule has 120 valence electrons. The number of H-pyrrole nitrogens is 1. The molecule has 0 atom stereocenters. The van der Waals surface area contributed by atoms with Crippen molar-refractivity contribution in [2.24, 2.45) is 5.73 Å². The highest BCUT2D eigenvalue weighted by molar-refractivity contribution is 6.31. The molecule has 0 unspecified atom stereocenters. The van der Waals surface area contributed by atoms with Crippen molar-refractivity contribution in [1.29, 1.82) is 0 Å². The summed E-state index contributed by atoms with van der Waals surface area (Å²) in [4.78, 5) is 26.9. The Hall–Kier alpha value is -2.28. The predicted octanol–water partition coefficient (Wildman–Crippen LogP) is 2.94. The van der Waals surface area contributed by atoms with Gasteiger partial charge in [-0.15, -0.1) is 12.4 Å². The highest BCUT2D eigenvalue weighted by Gasteiger charge is 2.14. The zero-order valence-electron chi connectivity index (χ0n) is 11.9. The number of nitrogens with zero attached hydrogens (tertiary/aromatic N) is 1. The van der Waals surface area contributed by atoms with Gasteiger partial charge in [0.15, 0.2) is 0 Å². The van der Waals surface area contributed by atoms with Crippen molar-refractivity contribution in [3.8, 4) is 0 Å². The third-order valence-electron chi connectivity index (χ3n) is 3.29. The lowest BCUT2D eigenvalue weighted by atomic mass is 10.2. The lowest BCUT2D eigenvalue weighted by molar-refractivity contribution is 0.253. The van der Waals surface area contributed by atoms with Gasteiger partial charge in [-0.2, -0.15) is 0 Å². The number of hydrogen-bond donors (Lipinski definition) is 3. The van der Waals surface area contributed by atoms with E-state index in [0.717, 1.165) is 10.1 Å². The van der Waals surface area contributed by atoms with Gasteiger partial charge in [0.1, 0.15) is 0 Å². The number of aromatic amines is 1. The third kappa shape index (κ3) is 3.39. The molecule has 1 amide bonds. The Balaban J connectivity index is 0.00000192. The third-order valence-corrected chi connectivity index (χ3v) is 3.52. The molecular weight excluding hydrogens is 339 g/mol. The lowest BCUT2D eigenvalue weighted by Crippen LogP contribution is -2.29. The van der Waals surface area contributed by atoms with E-state index in [1.54, 1.807) is 30.3 Å². The average Bonchev–Trinajstić information content (AvgIpc) is 2.83. The van der Waals surface area contributed by atoms with Crippen LogP contribution in [-0.2, 0) is 6.54 Å². The number of anilines is 1. The number of halogens is 2. The van der Waals surface area contributed by atoms with Crippen LogP contribution in [0.15, 0.2) is 47.3 Å². The molecule has 8 heteroatoms. The number of imidazole rings is 1. The Morgan fingerprint density at radius 2 is 1.91 bits per heavy atom. The van der Waals surface area contributed by atoms with E-state index >= 15 is 0 Å². The average molecular weight is 353 g/mol. The van der Waals surface area contributed by atoms with Crippen molar-refractivity contribution < 1.29 is 4.79 Å². The molecule has 0 bridgehead atoms. The first-order valence-electron chi connectivity index (χ1n) is 6.59. The number of benzene rings is 2. The standard InChI is InChI=1S/C15H13ClN4O2.ClH/c16-10-3-6-13-12(7-10)19-15(22)20(13)14(21)18-11-4-1-9(8-17)2-5-11;/h1-7H,8,17H2,(H,18,21)(H,19,22);1H. The van der Waals surface area contributed by atoms with Crippen molar-refractivity contribution in [3.05, 3.63) is 63.5 Å². The van der Waals surface area contributed by atoms with Crippen molar-refractivity contribution in [1.82, 2.24) is 9.55 Å². The summed E-state index contributed by atoms with van der Waals surface area (Å²) in [5.74, 6) is 0. The summed E-state index contributed by atoms with van der Waals surface area (Å²) in [6.07, 6.45) is 0. The maximum absolute atomic E-state index is 12.3. The predicted molar refractivity (Wildman–Crippen MR) is 93.6 cm³/mol. The Labute approximate surface area is 142 Å². The number of fused-ring (bicyclic) bond motifs is 1. The van der Waals surface area contributed by atoms with Gasteiger partial charge in [-0.05, 0) is 35.9 Å². The smallest absolute Gasteiger partial charge is 0.326 e. The van der Waals surface area contributed by atoms with Crippen molar-refractivity contribution in [2.45, 2.75) is 6.54 Å². The Morgan fingerprint density at radius 3 is 2.57 bits per heavy atom. The molecule has 3 rings (SSSR count). The van der Waals surface area contributed by atoms with Crippen LogP contribution in [0.5, 0.6) is 0 Å². The summed E-state index contributed by atoms with van der Waals surface area (Å²) in [6.45, 7) is 0.427. The second-order valence-corrected chi connectivity index (χ2v) is 5.19. The Kier molecular flexibility index (Phi) is 5.10. The van der Waals surface area contributed by atoms with E-state index in [1.807, 2.05) is 12.1 Å². The van der Waals surface area contributed by atoms with Crippen LogP contribution in [0.4, 0.5) is 10.5 Å². The van der Waals surface area contributed by atoms with Gasteiger partial charge in [-0.3, -0.25) is 0 Å². The number of rotatable bonds is 2. The highest BCUT2D eigenvalue weighted by atomic mass is 35.5. The first-order valence-corrected chi connectivity index (χ1v) is 6.97. The summed E-state index contributed by atoms with van der Waals surface area (Å²) in [5, 5.41) is 3.16. The second-order valence-electron chi connectivity index (χ2n) is 4.76. The topological polar surface area (TPSA) is 92.9 Å². The molecule has 1 aromatic heterocycles. The normalized spacial score (nSPS) is 10.3. The first-order chi connectivity index (χ1) is 10.6. The fourth-order valence-electron chi connectivity index (χ4n) is 2.19. The van der Waals surface area contributed by atoms with Gasteiger partial charge in [0.25, 0.3) is 0 Å². The van der Waals surface area contributed by atoms with E-state index in [1.165, 1.54) is 0 Å². The quantitative estimate of drug-likeness (QED) is 0.661. The molecule has 0 aliphatic rings. The minimum absolute atomic E-state index is 0. The SMILES string of the molecule is Cl.NCc1ccc(NC(=O)n2c(=O)[nH]c3cc(Cl)ccc32)cc1. The molecule has 0 aliphatic heterocycles. The lowest BCUT2D eigenvalue weighted by Gasteiger charge is -2.06. The molecule has 0 aliphatic carbocycles. The van der Waals surface area contributed by atoms with Crippen LogP contribution >= 0.6 is 24.0 Å². The van der Waals surface area contributed by atoms with E-state index in [9.17, 15) is 9.59 Å². The van der Waals surface area contributed by atoms with Gasteiger partial charge >= 0.3 is 11.7 Å². The maximum atomic E-state index is 12.3. The van der Waals surface area contributed by atoms with Gasteiger partial charge in [0.05, 0.1) is 11.0 Å². The van der Waals surface area contributed by atoms with Crippen LogP contribution in [0.1, 0.15) is 5.56 Å². The molecule has 3 aromatic rings. The monoisotopic (exact) mass is 352 g/mol. The van der Waals surface area contributed by atoms with Gasteiger partial charge < -0.3 is 16.0 Å². The summed E-state index contributed by atoms with van der Waals surface area (Å²) >= 11 is 5.88. The second kappa shape index (κ2) is 6.87. The molecule has 1 heterocycles. The number of carbonyl (C=O) groups is 1. The minimum Gasteiger partial charge on any atom is -0.326 e. The molecule has 23 heavy (non-hydrogen) atoms. The van der Waals surface area contributed by atoms with Gasteiger partial charge in [-0.25, -0.2) is 14.2 Å². The largest absolute Gasteiger partial charge is 0.334 e. The number of hydrogen-bond acceptors (Lipinski definition) is 3. The van der Waals surface area contributed by atoms with Gasteiger partial charge in [-0.1, -0.05) is 23.7 Å². The fraction of sp³-hybridized carbons (Fsp3) is 0.0667. The van der Waals surface area contributed by atoms with E-state index < -0.39 is 11.7 Å². The zero-order chi connectivity index (χ0) is 15.7. The molecular formula is C15H14Cl2N4O2. The van der Waals surface area contributed by atoms with Gasteiger partial charge in [0.2, 0.25) is 0 Å². The molecule has 0 spiro atoms. The Morgan fingerprint density at radius 1 is 1.22 bits per heavy atom. The first kappa shape index (κ1) is 17.1. The number of nitrogens with one attached hydrogen (secondary N) is 2. The van der Waals surface area contributed by atoms with Crippen LogP contribution in [0, 0.1) is 0 Å². The van der Waals surface area contributed by atoms with Crippen LogP contribution in [0.2, 0.25) is 5.02 Å². The highest BCUT2D eigenvalue weighted by Crippen LogP contribution is 2.17. The molecule has 6 nitrogen and oxygen atoms in total. The summed E-state index contributed by atoms with van der Waals surface area (Å²) in [6, 6.07) is 11.4. The van der Waals surface area contributed by atoms with E-state index in [-0.39, 0.29) is 12.4 Å². The minimum atomic E-state index is -0.543. The molecule has 2 aromatic carbocycles. The molecule has 0 saturated carbocycles. The van der Waals surface area contributed by atoms with E-state index in [0.29, 0.717) is 28.3 Å². The number of aromatic nitrogens is 2. The fourth-order valence-corrected chi connectivity index (χ4v) is 2.36. The van der Waals surface area contributed by atoms with Crippen LogP contribution < -0.4 is 16.7 Å². The summed E-state index contributed by atoms with van der Waals surface area (Å²) in [7, 11) is 0. The molecule has 0 radical (unpaired) electrons.